The highest BCUT2D eigenvalue weighted by Gasteiger charge is 2.27. The van der Waals surface area contributed by atoms with Gasteiger partial charge in [0.2, 0.25) is 10.0 Å². The molecule has 0 aliphatic rings. The lowest BCUT2D eigenvalue weighted by Crippen LogP contribution is -2.31. The second kappa shape index (κ2) is 11.3. The summed E-state index contributed by atoms with van der Waals surface area (Å²) >= 11 is 0. The van der Waals surface area contributed by atoms with Gasteiger partial charge in [0.15, 0.2) is 11.5 Å². The van der Waals surface area contributed by atoms with Crippen LogP contribution in [-0.4, -0.2) is 50.7 Å². The first kappa shape index (κ1) is 24.8. The highest BCUT2D eigenvalue weighted by atomic mass is 32.2. The summed E-state index contributed by atoms with van der Waals surface area (Å²) < 4.78 is 38.0. The fraction of sp³-hybridized carbons (Fsp3) is 0.286. The van der Waals surface area contributed by atoms with Crippen LogP contribution in [0.5, 0.6) is 11.5 Å². The van der Waals surface area contributed by atoms with Crippen molar-refractivity contribution in [3.05, 3.63) is 64.7 Å². The molecule has 1 N–H and O–H groups in total. The number of nitrogens with one attached hydrogen (secondary N) is 1. The Bertz CT molecular complexity index is 1100. The fourth-order valence-electron chi connectivity index (χ4n) is 2.84. The van der Waals surface area contributed by atoms with Gasteiger partial charge in [-0.05, 0) is 29.8 Å². The molecule has 0 saturated carbocycles. The van der Waals surface area contributed by atoms with Gasteiger partial charge in [0, 0.05) is 25.2 Å². The number of sulfonamides is 1. The van der Waals surface area contributed by atoms with Crippen LogP contribution in [0, 0.1) is 10.1 Å². The second-order valence-corrected chi connectivity index (χ2v) is 8.31. The average Bonchev–Trinajstić information content (AvgIpc) is 2.78. The minimum atomic E-state index is -3.96. The normalized spacial score (nSPS) is 11.5. The maximum Gasteiger partial charge on any atom is 0.270 e. The van der Waals surface area contributed by atoms with Gasteiger partial charge < -0.3 is 9.47 Å². The summed E-state index contributed by atoms with van der Waals surface area (Å²) in [5.74, 6) is 1.04. The molecule has 0 aliphatic heterocycles. The number of anilines is 1. The van der Waals surface area contributed by atoms with E-state index in [9.17, 15) is 18.5 Å². The molecule has 11 heteroatoms. The van der Waals surface area contributed by atoms with Gasteiger partial charge in [-0.25, -0.2) is 8.42 Å². The largest absolute Gasteiger partial charge is 0.493 e. The summed E-state index contributed by atoms with van der Waals surface area (Å²) in [6.45, 7) is 7.77. The molecule has 2 rings (SSSR count). The summed E-state index contributed by atoms with van der Waals surface area (Å²) in [6.07, 6.45) is 3.09. The van der Waals surface area contributed by atoms with Crippen LogP contribution in [0.15, 0.2) is 59.1 Å². The van der Waals surface area contributed by atoms with Gasteiger partial charge in [-0.15, -0.1) is 0 Å². The van der Waals surface area contributed by atoms with Gasteiger partial charge in [0.1, 0.15) is 11.5 Å². The lowest BCUT2D eigenvalue weighted by Gasteiger charge is -2.20. The topological polar surface area (TPSA) is 123 Å². The van der Waals surface area contributed by atoms with Crippen molar-refractivity contribution < 1.29 is 22.8 Å². The number of hydrazone groups is 1. The van der Waals surface area contributed by atoms with Crippen LogP contribution in [0.2, 0.25) is 0 Å². The number of benzene rings is 2. The first-order valence-corrected chi connectivity index (χ1v) is 11.2. The zero-order valence-electron chi connectivity index (χ0n) is 18.1. The van der Waals surface area contributed by atoms with Crippen molar-refractivity contribution in [2.45, 2.75) is 18.7 Å². The molecule has 172 valence electrons. The second-order valence-electron chi connectivity index (χ2n) is 6.41. The van der Waals surface area contributed by atoms with Crippen LogP contribution >= 0.6 is 0 Å². The molecule has 0 saturated heterocycles. The van der Waals surface area contributed by atoms with Gasteiger partial charge in [-0.3, -0.25) is 15.5 Å². The van der Waals surface area contributed by atoms with Gasteiger partial charge in [-0.1, -0.05) is 26.5 Å². The molecule has 0 aromatic heterocycles. The van der Waals surface area contributed by atoms with Crippen LogP contribution in [-0.2, 0) is 10.0 Å². The standard InChI is InChI=1S/C21H26N4O6S/c1-5-12-31-19-11-8-16(13-20(19)30-4)15-22-23-18-10-9-17(25(26)27)14-21(18)32(28,29)24(6-2)7-3/h5,8-11,13-15,23H,1,6-7,12H2,2-4H3/b22-15+. The van der Waals surface area contributed by atoms with Gasteiger partial charge in [0.05, 0.1) is 23.9 Å². The number of non-ortho nitro benzene ring substituents is 1. The van der Waals surface area contributed by atoms with Crippen molar-refractivity contribution in [1.82, 2.24) is 4.31 Å². The molecular weight excluding hydrogens is 436 g/mol. The maximum absolute atomic E-state index is 13.0. The lowest BCUT2D eigenvalue weighted by atomic mass is 10.2. The number of nitro groups is 1. The van der Waals surface area contributed by atoms with Crippen molar-refractivity contribution in [2.75, 3.05) is 32.2 Å². The summed E-state index contributed by atoms with van der Waals surface area (Å²) in [5.41, 5.74) is 3.13. The van der Waals surface area contributed by atoms with Crippen molar-refractivity contribution >= 4 is 27.6 Å². The molecule has 0 radical (unpaired) electrons. The van der Waals surface area contributed by atoms with E-state index >= 15 is 0 Å². The predicted octanol–water partition coefficient (Wildman–Crippen LogP) is 3.64. The molecule has 0 bridgehead atoms. The van der Waals surface area contributed by atoms with E-state index in [0.717, 1.165) is 6.07 Å². The van der Waals surface area contributed by atoms with Gasteiger partial charge in [0.25, 0.3) is 5.69 Å². The van der Waals surface area contributed by atoms with E-state index in [1.54, 1.807) is 38.1 Å². The van der Waals surface area contributed by atoms with E-state index < -0.39 is 14.9 Å². The molecule has 32 heavy (non-hydrogen) atoms. The lowest BCUT2D eigenvalue weighted by molar-refractivity contribution is -0.385. The minimum absolute atomic E-state index is 0.122. The van der Waals surface area contributed by atoms with E-state index in [-0.39, 0.29) is 29.4 Å². The van der Waals surface area contributed by atoms with Crippen LogP contribution in [0.1, 0.15) is 19.4 Å². The van der Waals surface area contributed by atoms with Crippen molar-refractivity contribution in [3.63, 3.8) is 0 Å². The monoisotopic (exact) mass is 462 g/mol. The van der Waals surface area contributed by atoms with Crippen LogP contribution in [0.3, 0.4) is 0 Å². The van der Waals surface area contributed by atoms with E-state index in [1.165, 1.54) is 29.8 Å². The first-order valence-electron chi connectivity index (χ1n) is 9.77. The zero-order chi connectivity index (χ0) is 23.7. The molecule has 2 aromatic carbocycles. The number of hydrogen-bond acceptors (Lipinski definition) is 8. The van der Waals surface area contributed by atoms with Gasteiger partial charge in [-0.2, -0.15) is 9.41 Å². The van der Waals surface area contributed by atoms with Crippen LogP contribution < -0.4 is 14.9 Å². The number of ether oxygens (including phenoxy) is 2. The number of nitrogens with zero attached hydrogens (tertiary/aromatic N) is 3. The summed E-state index contributed by atoms with van der Waals surface area (Å²) in [5, 5.41) is 15.3. The number of rotatable bonds is 12. The SMILES string of the molecule is C=CCOc1ccc(/C=N/Nc2ccc([N+](=O)[O-])cc2S(=O)(=O)N(CC)CC)cc1OC. The third-order valence-corrected chi connectivity index (χ3v) is 6.53. The smallest absolute Gasteiger partial charge is 0.270 e. The van der Waals surface area contributed by atoms with E-state index in [2.05, 4.69) is 17.1 Å². The molecule has 0 atom stereocenters. The quantitative estimate of drug-likeness (QED) is 0.221. The van der Waals surface area contributed by atoms with E-state index in [0.29, 0.717) is 23.7 Å². The molecule has 0 spiro atoms. The van der Waals surface area contributed by atoms with Crippen molar-refractivity contribution in [1.29, 1.82) is 0 Å². The molecule has 0 aliphatic carbocycles. The third-order valence-electron chi connectivity index (χ3n) is 4.44. The number of hydrogen-bond donors (Lipinski definition) is 1. The van der Waals surface area contributed by atoms with E-state index in [4.69, 9.17) is 9.47 Å². The Balaban J connectivity index is 2.36. The highest BCUT2D eigenvalue weighted by molar-refractivity contribution is 7.89. The summed E-state index contributed by atoms with van der Waals surface area (Å²) in [7, 11) is -2.45. The Morgan fingerprint density at radius 1 is 1.19 bits per heavy atom. The molecule has 0 unspecified atom stereocenters. The number of methoxy groups -OCH3 is 1. The van der Waals surface area contributed by atoms with Crippen molar-refractivity contribution in [2.24, 2.45) is 5.10 Å². The Morgan fingerprint density at radius 3 is 2.50 bits per heavy atom. The summed E-state index contributed by atoms with van der Waals surface area (Å²) in [6, 6.07) is 8.72. The Hall–Kier alpha value is -3.44. The highest BCUT2D eigenvalue weighted by Crippen LogP contribution is 2.30. The van der Waals surface area contributed by atoms with Crippen LogP contribution in [0.4, 0.5) is 11.4 Å². The Labute approximate surface area is 187 Å². The molecule has 0 heterocycles. The zero-order valence-corrected chi connectivity index (χ0v) is 19.0. The fourth-order valence-corrected chi connectivity index (χ4v) is 4.46. The van der Waals surface area contributed by atoms with Crippen LogP contribution in [0.25, 0.3) is 0 Å². The molecular formula is C21H26N4O6S. The Morgan fingerprint density at radius 2 is 1.91 bits per heavy atom. The maximum atomic E-state index is 13.0. The third kappa shape index (κ3) is 5.83. The summed E-state index contributed by atoms with van der Waals surface area (Å²) in [4.78, 5) is 10.3. The Kier molecular flexibility index (Phi) is 8.73. The minimum Gasteiger partial charge on any atom is -0.493 e. The first-order chi connectivity index (χ1) is 15.3. The average molecular weight is 463 g/mol. The number of nitro benzene ring substituents is 1. The molecule has 0 amide bonds. The van der Waals surface area contributed by atoms with Gasteiger partial charge >= 0.3 is 0 Å². The van der Waals surface area contributed by atoms with E-state index in [1.807, 2.05) is 0 Å². The van der Waals surface area contributed by atoms with Crippen molar-refractivity contribution in [3.8, 4) is 11.5 Å². The predicted molar refractivity (Wildman–Crippen MR) is 123 cm³/mol. The molecule has 0 fully saturated rings. The molecule has 10 nitrogen and oxygen atoms in total. The molecule has 2 aromatic rings.